The molecule has 1 amide bonds. The first kappa shape index (κ1) is 23.4. The number of nitrogens with zero attached hydrogens (tertiary/aromatic N) is 2. The van der Waals surface area contributed by atoms with Crippen LogP contribution in [0.1, 0.15) is 28.4 Å². The van der Waals surface area contributed by atoms with E-state index < -0.39 is 16.0 Å². The molecular formula is C22H27N3O6S. The highest BCUT2D eigenvalue weighted by Crippen LogP contribution is 2.28. The van der Waals surface area contributed by atoms with Crippen molar-refractivity contribution in [1.29, 1.82) is 0 Å². The van der Waals surface area contributed by atoms with Crippen molar-refractivity contribution in [2.24, 2.45) is 0 Å². The number of carboxylic acid groups (broad SMARTS) is 1. The van der Waals surface area contributed by atoms with Gasteiger partial charge in [-0.1, -0.05) is 17.7 Å². The van der Waals surface area contributed by atoms with Crippen molar-refractivity contribution in [2.45, 2.75) is 25.7 Å². The summed E-state index contributed by atoms with van der Waals surface area (Å²) in [5.74, 6) is -1.17. The molecule has 10 heteroatoms. The minimum absolute atomic E-state index is 0.0181. The second-order valence-corrected chi connectivity index (χ2v) is 9.24. The molecule has 0 aliphatic carbocycles. The molecule has 0 spiro atoms. The molecule has 0 bridgehead atoms. The fourth-order valence-corrected chi connectivity index (χ4v) is 4.98. The van der Waals surface area contributed by atoms with Crippen LogP contribution in [-0.2, 0) is 14.8 Å². The van der Waals surface area contributed by atoms with Crippen LogP contribution in [0.15, 0.2) is 41.3 Å². The number of piperazine rings is 1. The number of aryl methyl sites for hydroxylation is 2. The molecule has 1 heterocycles. The number of ether oxygens (including phenoxy) is 1. The summed E-state index contributed by atoms with van der Waals surface area (Å²) in [6, 6.07) is 9.46. The van der Waals surface area contributed by atoms with Crippen LogP contribution in [0.2, 0.25) is 0 Å². The second-order valence-electron chi connectivity index (χ2n) is 7.58. The smallest absolute Gasteiger partial charge is 0.409 e. The topological polar surface area (TPSA) is 116 Å². The maximum atomic E-state index is 12.8. The molecule has 0 atom stereocenters. The Bertz CT molecular complexity index is 1120. The molecule has 1 aliphatic heterocycles. The van der Waals surface area contributed by atoms with Crippen molar-refractivity contribution in [1.82, 2.24) is 4.90 Å². The number of rotatable bonds is 6. The molecule has 2 aromatic rings. The quantitative estimate of drug-likeness (QED) is 0.679. The van der Waals surface area contributed by atoms with Gasteiger partial charge in [-0.15, -0.1) is 0 Å². The van der Waals surface area contributed by atoms with E-state index in [-0.39, 0.29) is 22.2 Å². The van der Waals surface area contributed by atoms with Crippen molar-refractivity contribution in [3.05, 3.63) is 53.1 Å². The van der Waals surface area contributed by atoms with E-state index in [1.165, 1.54) is 12.1 Å². The van der Waals surface area contributed by atoms with Gasteiger partial charge in [0.05, 0.1) is 22.8 Å². The first-order valence-corrected chi connectivity index (χ1v) is 11.7. The summed E-state index contributed by atoms with van der Waals surface area (Å²) < 4.78 is 33.2. The number of hydrogen-bond donors (Lipinski definition) is 2. The van der Waals surface area contributed by atoms with Crippen LogP contribution in [0.5, 0.6) is 0 Å². The molecule has 1 fully saturated rings. The number of carbonyl (C=O) groups excluding carboxylic acids is 1. The van der Waals surface area contributed by atoms with E-state index in [2.05, 4.69) is 4.72 Å². The Labute approximate surface area is 187 Å². The lowest BCUT2D eigenvalue weighted by Gasteiger charge is -2.36. The highest BCUT2D eigenvalue weighted by Gasteiger charge is 2.25. The van der Waals surface area contributed by atoms with E-state index in [1.807, 2.05) is 11.8 Å². The summed E-state index contributed by atoms with van der Waals surface area (Å²) >= 11 is 0. The number of hydrogen-bond acceptors (Lipinski definition) is 6. The van der Waals surface area contributed by atoms with Crippen molar-refractivity contribution in [3.63, 3.8) is 0 Å². The molecule has 0 aromatic heterocycles. The van der Waals surface area contributed by atoms with Crippen molar-refractivity contribution in [2.75, 3.05) is 42.4 Å². The van der Waals surface area contributed by atoms with Gasteiger partial charge in [-0.3, -0.25) is 4.72 Å². The third kappa shape index (κ3) is 5.13. The maximum Gasteiger partial charge on any atom is 0.409 e. The SMILES string of the molecule is CCOC(=O)N1CCN(c2ccc(NS(=O)(=O)c3ccc(C)cc3C)cc2C(=O)O)CC1. The molecule has 172 valence electrons. The highest BCUT2D eigenvalue weighted by molar-refractivity contribution is 7.92. The largest absolute Gasteiger partial charge is 0.478 e. The van der Waals surface area contributed by atoms with E-state index in [0.29, 0.717) is 44.0 Å². The number of carboxylic acids is 1. The van der Waals surface area contributed by atoms with Gasteiger partial charge in [0.15, 0.2) is 0 Å². The Kier molecular flexibility index (Phi) is 6.93. The van der Waals surface area contributed by atoms with Crippen LogP contribution in [0.25, 0.3) is 0 Å². The third-order valence-electron chi connectivity index (χ3n) is 5.25. The van der Waals surface area contributed by atoms with Crippen molar-refractivity contribution < 1.29 is 27.9 Å². The van der Waals surface area contributed by atoms with Crippen LogP contribution in [0, 0.1) is 13.8 Å². The molecule has 32 heavy (non-hydrogen) atoms. The fourth-order valence-electron chi connectivity index (χ4n) is 3.70. The molecule has 0 saturated carbocycles. The van der Waals surface area contributed by atoms with Crippen molar-refractivity contribution in [3.8, 4) is 0 Å². The first-order valence-electron chi connectivity index (χ1n) is 10.3. The van der Waals surface area contributed by atoms with Gasteiger partial charge in [0.25, 0.3) is 10.0 Å². The van der Waals surface area contributed by atoms with Gasteiger partial charge < -0.3 is 19.6 Å². The van der Waals surface area contributed by atoms with E-state index in [1.54, 1.807) is 43.0 Å². The zero-order valence-corrected chi connectivity index (χ0v) is 19.1. The average Bonchev–Trinajstić information content (AvgIpc) is 2.73. The van der Waals surface area contributed by atoms with Gasteiger partial charge in [-0.2, -0.15) is 0 Å². The molecule has 3 rings (SSSR count). The maximum absolute atomic E-state index is 12.8. The third-order valence-corrected chi connectivity index (χ3v) is 6.79. The Balaban J connectivity index is 1.81. The Morgan fingerprint density at radius 1 is 1.06 bits per heavy atom. The molecular weight excluding hydrogens is 434 g/mol. The summed E-state index contributed by atoms with van der Waals surface area (Å²) in [6.07, 6.45) is -0.387. The fraction of sp³-hybridized carbons (Fsp3) is 0.364. The molecule has 0 radical (unpaired) electrons. The number of aromatic carboxylic acids is 1. The number of sulfonamides is 1. The predicted molar refractivity (Wildman–Crippen MR) is 121 cm³/mol. The van der Waals surface area contributed by atoms with Gasteiger partial charge in [-0.25, -0.2) is 18.0 Å². The zero-order chi connectivity index (χ0) is 23.5. The normalized spacial score (nSPS) is 14.2. The Morgan fingerprint density at radius 3 is 2.34 bits per heavy atom. The van der Waals surface area contributed by atoms with Gasteiger partial charge in [0.2, 0.25) is 0 Å². The molecule has 9 nitrogen and oxygen atoms in total. The number of anilines is 2. The summed E-state index contributed by atoms with van der Waals surface area (Å²) in [7, 11) is -3.88. The number of amides is 1. The van der Waals surface area contributed by atoms with Crippen LogP contribution in [0.3, 0.4) is 0 Å². The molecule has 2 aromatic carbocycles. The lowest BCUT2D eigenvalue weighted by molar-refractivity contribution is 0.0696. The predicted octanol–water partition coefficient (Wildman–Crippen LogP) is 3.08. The minimum Gasteiger partial charge on any atom is -0.478 e. The summed E-state index contributed by atoms with van der Waals surface area (Å²) in [6.45, 7) is 7.30. The second kappa shape index (κ2) is 9.47. The van der Waals surface area contributed by atoms with Crippen LogP contribution in [0.4, 0.5) is 16.2 Å². The first-order chi connectivity index (χ1) is 15.1. The standard InChI is InChI=1S/C22H27N3O6S/c1-4-31-22(28)25-11-9-24(10-12-25)19-7-6-17(14-18(19)21(26)27)23-32(29,30)20-8-5-15(2)13-16(20)3/h5-8,13-14,23H,4,9-12H2,1-3H3,(H,26,27). The molecule has 2 N–H and O–H groups in total. The lowest BCUT2D eigenvalue weighted by Crippen LogP contribution is -2.49. The van der Waals surface area contributed by atoms with Gasteiger partial charge in [0.1, 0.15) is 0 Å². The van der Waals surface area contributed by atoms with E-state index >= 15 is 0 Å². The van der Waals surface area contributed by atoms with Crippen molar-refractivity contribution >= 4 is 33.5 Å². The van der Waals surface area contributed by atoms with Crippen LogP contribution in [-0.4, -0.2) is 63.3 Å². The average molecular weight is 462 g/mol. The van der Waals surface area contributed by atoms with E-state index in [9.17, 15) is 23.1 Å². The Hall–Kier alpha value is -3.27. The molecule has 1 saturated heterocycles. The van der Waals surface area contributed by atoms with Crippen LogP contribution < -0.4 is 9.62 Å². The van der Waals surface area contributed by atoms with Crippen LogP contribution >= 0.6 is 0 Å². The number of carbonyl (C=O) groups is 2. The zero-order valence-electron chi connectivity index (χ0n) is 18.3. The van der Waals surface area contributed by atoms with E-state index in [0.717, 1.165) is 5.56 Å². The Morgan fingerprint density at radius 2 is 1.75 bits per heavy atom. The molecule has 1 aliphatic rings. The highest BCUT2D eigenvalue weighted by atomic mass is 32.2. The van der Waals surface area contributed by atoms with Gasteiger partial charge >= 0.3 is 12.1 Å². The number of nitrogens with one attached hydrogen (secondary N) is 1. The van der Waals surface area contributed by atoms with E-state index in [4.69, 9.17) is 4.74 Å². The summed E-state index contributed by atoms with van der Waals surface area (Å²) in [5, 5.41) is 9.73. The lowest BCUT2D eigenvalue weighted by atomic mass is 10.1. The number of benzene rings is 2. The monoisotopic (exact) mass is 461 g/mol. The summed E-state index contributed by atoms with van der Waals surface area (Å²) in [5.41, 5.74) is 2.16. The summed E-state index contributed by atoms with van der Waals surface area (Å²) in [4.78, 5) is 27.4. The minimum atomic E-state index is -3.88. The van der Waals surface area contributed by atoms with Gasteiger partial charge in [-0.05, 0) is 50.6 Å². The molecule has 0 unspecified atom stereocenters. The van der Waals surface area contributed by atoms with Gasteiger partial charge in [0, 0.05) is 31.9 Å².